The van der Waals surface area contributed by atoms with Gasteiger partial charge in [0.1, 0.15) is 17.4 Å². The Labute approximate surface area is 151 Å². The van der Waals surface area contributed by atoms with Crippen molar-refractivity contribution < 1.29 is 9.53 Å². The Kier molecular flexibility index (Phi) is 5.35. The zero-order chi connectivity index (χ0) is 18.4. The minimum atomic E-state index is -0.391. The SMILES string of the molecule is COc1ccccc1/C=C(\C#N)C(=O)NCCc1c[nH]c2ccccc12. The van der Waals surface area contributed by atoms with Crippen LogP contribution in [0, 0.1) is 11.3 Å². The predicted octanol–water partition coefficient (Wildman–Crippen LogP) is 3.44. The first kappa shape index (κ1) is 17.3. The monoisotopic (exact) mass is 345 g/mol. The number of hydrogen-bond acceptors (Lipinski definition) is 3. The van der Waals surface area contributed by atoms with Crippen molar-refractivity contribution in [2.45, 2.75) is 6.42 Å². The summed E-state index contributed by atoms with van der Waals surface area (Å²) in [5, 5.41) is 13.3. The Morgan fingerprint density at radius 3 is 2.81 bits per heavy atom. The lowest BCUT2D eigenvalue weighted by atomic mass is 10.1. The molecule has 5 nitrogen and oxygen atoms in total. The van der Waals surface area contributed by atoms with Gasteiger partial charge in [-0.25, -0.2) is 0 Å². The first-order valence-corrected chi connectivity index (χ1v) is 8.31. The summed E-state index contributed by atoms with van der Waals surface area (Å²) >= 11 is 0. The number of aromatic nitrogens is 1. The van der Waals surface area contributed by atoms with Crippen molar-refractivity contribution >= 4 is 22.9 Å². The molecule has 0 atom stereocenters. The summed E-state index contributed by atoms with van der Waals surface area (Å²) in [6.07, 6.45) is 4.18. The van der Waals surface area contributed by atoms with Gasteiger partial charge in [-0.1, -0.05) is 36.4 Å². The van der Waals surface area contributed by atoms with Crippen molar-refractivity contribution in [3.8, 4) is 11.8 Å². The summed E-state index contributed by atoms with van der Waals surface area (Å²) in [7, 11) is 1.56. The second kappa shape index (κ2) is 8.04. The van der Waals surface area contributed by atoms with Crippen molar-refractivity contribution in [1.29, 1.82) is 5.26 Å². The maximum absolute atomic E-state index is 12.3. The van der Waals surface area contributed by atoms with E-state index in [1.165, 1.54) is 0 Å². The molecule has 0 bridgehead atoms. The third-order valence-electron chi connectivity index (χ3n) is 4.16. The maximum atomic E-state index is 12.3. The topological polar surface area (TPSA) is 77.9 Å². The molecule has 0 saturated heterocycles. The molecule has 2 aromatic carbocycles. The van der Waals surface area contributed by atoms with Gasteiger partial charge >= 0.3 is 0 Å². The molecule has 0 saturated carbocycles. The molecule has 130 valence electrons. The van der Waals surface area contributed by atoms with Crippen LogP contribution in [0.4, 0.5) is 0 Å². The van der Waals surface area contributed by atoms with E-state index in [0.29, 0.717) is 24.3 Å². The first-order valence-electron chi connectivity index (χ1n) is 8.31. The molecule has 0 aliphatic carbocycles. The van der Waals surface area contributed by atoms with Crippen LogP contribution in [0.15, 0.2) is 60.3 Å². The number of carbonyl (C=O) groups excluding carboxylic acids is 1. The van der Waals surface area contributed by atoms with E-state index >= 15 is 0 Å². The quantitative estimate of drug-likeness (QED) is 0.531. The van der Waals surface area contributed by atoms with Crippen LogP contribution in [0.2, 0.25) is 0 Å². The highest BCUT2D eigenvalue weighted by Crippen LogP contribution is 2.20. The van der Waals surface area contributed by atoms with Crippen LogP contribution in [0.5, 0.6) is 5.75 Å². The van der Waals surface area contributed by atoms with Crippen LogP contribution >= 0.6 is 0 Å². The first-order chi connectivity index (χ1) is 12.7. The molecule has 0 aliphatic rings. The fourth-order valence-electron chi connectivity index (χ4n) is 2.83. The zero-order valence-corrected chi connectivity index (χ0v) is 14.5. The van der Waals surface area contributed by atoms with Crippen LogP contribution in [-0.2, 0) is 11.2 Å². The summed E-state index contributed by atoms with van der Waals surface area (Å²) in [6.45, 7) is 0.450. The zero-order valence-electron chi connectivity index (χ0n) is 14.5. The molecule has 0 unspecified atom stereocenters. The molecular formula is C21H19N3O2. The number of H-pyrrole nitrogens is 1. The smallest absolute Gasteiger partial charge is 0.261 e. The highest BCUT2D eigenvalue weighted by atomic mass is 16.5. The number of nitrogens with one attached hydrogen (secondary N) is 2. The van der Waals surface area contributed by atoms with E-state index in [4.69, 9.17) is 4.74 Å². The van der Waals surface area contributed by atoms with Gasteiger partial charge in [-0.3, -0.25) is 4.79 Å². The fourth-order valence-corrected chi connectivity index (χ4v) is 2.83. The molecular weight excluding hydrogens is 326 g/mol. The molecule has 2 N–H and O–H groups in total. The van der Waals surface area contributed by atoms with Gasteiger partial charge in [0.25, 0.3) is 5.91 Å². The number of hydrogen-bond donors (Lipinski definition) is 2. The van der Waals surface area contributed by atoms with Crippen LogP contribution in [0.1, 0.15) is 11.1 Å². The minimum absolute atomic E-state index is 0.0495. The van der Waals surface area contributed by atoms with Gasteiger partial charge in [0.05, 0.1) is 7.11 Å². The molecule has 1 aromatic heterocycles. The number of nitrogens with zero attached hydrogens (tertiary/aromatic N) is 1. The molecule has 3 aromatic rings. The number of aromatic amines is 1. The van der Waals surface area contributed by atoms with Gasteiger partial charge < -0.3 is 15.0 Å². The minimum Gasteiger partial charge on any atom is -0.496 e. The Morgan fingerprint density at radius 2 is 2.00 bits per heavy atom. The average molecular weight is 345 g/mol. The molecule has 0 radical (unpaired) electrons. The summed E-state index contributed by atoms with van der Waals surface area (Å²) < 4.78 is 5.25. The van der Waals surface area contributed by atoms with E-state index in [2.05, 4.69) is 10.3 Å². The van der Waals surface area contributed by atoms with Crippen LogP contribution < -0.4 is 10.1 Å². The molecule has 3 rings (SSSR count). The number of benzene rings is 2. The van der Waals surface area contributed by atoms with Crippen molar-refractivity contribution in [2.24, 2.45) is 0 Å². The van der Waals surface area contributed by atoms with Gasteiger partial charge in [-0.05, 0) is 30.2 Å². The third kappa shape index (κ3) is 3.76. The Hall–Kier alpha value is -3.52. The normalized spacial score (nSPS) is 11.2. The Bertz CT molecular complexity index is 996. The van der Waals surface area contributed by atoms with E-state index in [-0.39, 0.29) is 5.57 Å². The Balaban J connectivity index is 1.66. The van der Waals surface area contributed by atoms with Crippen molar-refractivity contribution in [3.63, 3.8) is 0 Å². The molecule has 26 heavy (non-hydrogen) atoms. The molecule has 5 heteroatoms. The van der Waals surface area contributed by atoms with E-state index in [9.17, 15) is 10.1 Å². The van der Waals surface area contributed by atoms with E-state index in [1.54, 1.807) is 25.3 Å². The second-order valence-corrected chi connectivity index (χ2v) is 5.78. The van der Waals surface area contributed by atoms with Crippen LogP contribution in [0.3, 0.4) is 0 Å². The van der Waals surface area contributed by atoms with Crippen LogP contribution in [-0.4, -0.2) is 24.5 Å². The molecule has 0 fully saturated rings. The van der Waals surface area contributed by atoms with Gasteiger partial charge in [0, 0.05) is 29.2 Å². The largest absolute Gasteiger partial charge is 0.496 e. The van der Waals surface area contributed by atoms with Gasteiger partial charge in [-0.2, -0.15) is 5.26 Å². The van der Waals surface area contributed by atoms with Crippen molar-refractivity contribution in [3.05, 3.63) is 71.4 Å². The number of para-hydroxylation sites is 2. The van der Waals surface area contributed by atoms with E-state index < -0.39 is 5.91 Å². The number of nitriles is 1. The standard InChI is InChI=1S/C21H19N3O2/c1-26-20-9-5-2-6-15(20)12-17(13-22)21(25)23-11-10-16-14-24-19-8-4-3-7-18(16)19/h2-9,12,14,24H,10-11H2,1H3,(H,23,25)/b17-12+. The lowest BCUT2D eigenvalue weighted by Gasteiger charge is -2.06. The second-order valence-electron chi connectivity index (χ2n) is 5.78. The predicted molar refractivity (Wildman–Crippen MR) is 102 cm³/mol. The van der Waals surface area contributed by atoms with Crippen molar-refractivity contribution in [2.75, 3.05) is 13.7 Å². The fraction of sp³-hybridized carbons (Fsp3) is 0.143. The summed E-state index contributed by atoms with van der Waals surface area (Å²) in [5.41, 5.74) is 2.95. The van der Waals surface area contributed by atoms with Gasteiger partial charge in [0.15, 0.2) is 0 Å². The Morgan fingerprint density at radius 1 is 1.23 bits per heavy atom. The maximum Gasteiger partial charge on any atom is 0.261 e. The number of rotatable bonds is 6. The number of fused-ring (bicyclic) bond motifs is 1. The highest BCUT2D eigenvalue weighted by molar-refractivity contribution is 6.02. The lowest BCUT2D eigenvalue weighted by molar-refractivity contribution is -0.117. The molecule has 1 heterocycles. The van der Waals surface area contributed by atoms with Gasteiger partial charge in [-0.15, -0.1) is 0 Å². The summed E-state index contributed by atoms with van der Waals surface area (Å²) in [5.74, 6) is 0.227. The number of carbonyl (C=O) groups is 1. The van der Waals surface area contributed by atoms with E-state index in [1.807, 2.05) is 48.7 Å². The molecule has 0 aliphatic heterocycles. The third-order valence-corrected chi connectivity index (χ3v) is 4.16. The average Bonchev–Trinajstić information content (AvgIpc) is 3.09. The summed E-state index contributed by atoms with van der Waals surface area (Å²) in [6, 6.07) is 17.2. The lowest BCUT2D eigenvalue weighted by Crippen LogP contribution is -2.26. The summed E-state index contributed by atoms with van der Waals surface area (Å²) in [4.78, 5) is 15.5. The number of amides is 1. The number of methoxy groups -OCH3 is 1. The molecule has 0 spiro atoms. The number of ether oxygens (including phenoxy) is 1. The van der Waals surface area contributed by atoms with E-state index in [0.717, 1.165) is 16.5 Å². The van der Waals surface area contributed by atoms with Crippen LogP contribution in [0.25, 0.3) is 17.0 Å². The highest BCUT2D eigenvalue weighted by Gasteiger charge is 2.11. The van der Waals surface area contributed by atoms with Crippen molar-refractivity contribution in [1.82, 2.24) is 10.3 Å². The van der Waals surface area contributed by atoms with Gasteiger partial charge in [0.2, 0.25) is 0 Å². The molecule has 1 amide bonds.